The number of rotatable bonds is 4. The summed E-state index contributed by atoms with van der Waals surface area (Å²) in [6.45, 7) is 3.07. The maximum absolute atomic E-state index is 13.9. The quantitative estimate of drug-likeness (QED) is 0.694. The first-order valence-electron chi connectivity index (χ1n) is 7.69. The molecule has 0 fully saturated rings. The molecule has 0 heterocycles. The van der Waals surface area contributed by atoms with Crippen LogP contribution in [-0.4, -0.2) is 25.0 Å². The van der Waals surface area contributed by atoms with Crippen LogP contribution in [0.1, 0.15) is 22.3 Å². The van der Waals surface area contributed by atoms with Gasteiger partial charge in [-0.3, -0.25) is 4.99 Å². The average Bonchev–Trinajstić information content (AvgIpc) is 2.58. The van der Waals surface area contributed by atoms with E-state index in [4.69, 9.17) is 5.26 Å². The topological polar surface area (TPSA) is 51.4 Å². The van der Waals surface area contributed by atoms with Crippen molar-refractivity contribution in [2.45, 2.75) is 20.0 Å². The molecule has 0 unspecified atom stereocenters. The van der Waals surface area contributed by atoms with Gasteiger partial charge in [-0.05, 0) is 24.6 Å². The summed E-state index contributed by atoms with van der Waals surface area (Å²) >= 11 is 0. The summed E-state index contributed by atoms with van der Waals surface area (Å²) in [5.41, 5.74) is 3.21. The van der Waals surface area contributed by atoms with Gasteiger partial charge in [-0.1, -0.05) is 35.9 Å². The smallest absolute Gasteiger partial charge is 0.193 e. The molecule has 0 saturated carbocycles. The zero-order valence-corrected chi connectivity index (χ0v) is 14.2. The van der Waals surface area contributed by atoms with Crippen molar-refractivity contribution in [3.05, 3.63) is 70.5 Å². The number of hydrogen-bond acceptors (Lipinski definition) is 2. The average molecular weight is 324 g/mol. The Morgan fingerprint density at radius 1 is 1.25 bits per heavy atom. The highest BCUT2D eigenvalue weighted by Gasteiger charge is 2.09. The minimum absolute atomic E-state index is 0.308. The van der Waals surface area contributed by atoms with E-state index >= 15 is 0 Å². The summed E-state index contributed by atoms with van der Waals surface area (Å²) in [5, 5.41) is 11.9. The maximum atomic E-state index is 13.9. The molecule has 0 aromatic heterocycles. The number of hydrogen-bond donors (Lipinski definition) is 1. The molecule has 24 heavy (non-hydrogen) atoms. The molecule has 1 N–H and O–H groups in total. The highest BCUT2D eigenvalue weighted by molar-refractivity contribution is 5.79. The minimum Gasteiger partial charge on any atom is -0.352 e. The number of aliphatic imine (C=N–C) groups is 1. The van der Waals surface area contributed by atoms with Crippen LogP contribution in [0.2, 0.25) is 0 Å². The van der Waals surface area contributed by atoms with Gasteiger partial charge >= 0.3 is 0 Å². The molecular weight excluding hydrogens is 303 g/mol. The SMILES string of the molecule is CN=C(NCc1ccc(C#N)cc1F)N(C)Cc1ccc(C)cc1. The molecule has 2 aromatic rings. The summed E-state index contributed by atoms with van der Waals surface area (Å²) in [7, 11) is 3.63. The first-order valence-corrected chi connectivity index (χ1v) is 7.69. The fourth-order valence-electron chi connectivity index (χ4n) is 2.36. The Hall–Kier alpha value is -2.87. The predicted molar refractivity (Wildman–Crippen MR) is 94.0 cm³/mol. The third kappa shape index (κ3) is 4.56. The summed E-state index contributed by atoms with van der Waals surface area (Å²) in [6.07, 6.45) is 0. The zero-order chi connectivity index (χ0) is 17.5. The molecule has 0 atom stereocenters. The summed E-state index contributed by atoms with van der Waals surface area (Å²) in [5.74, 6) is 0.289. The molecule has 2 rings (SSSR count). The molecule has 0 aliphatic rings. The molecule has 0 bridgehead atoms. The third-order valence-corrected chi connectivity index (χ3v) is 3.73. The van der Waals surface area contributed by atoms with Crippen LogP contribution < -0.4 is 5.32 Å². The Morgan fingerprint density at radius 2 is 1.96 bits per heavy atom. The van der Waals surface area contributed by atoms with Crippen molar-refractivity contribution in [3.63, 3.8) is 0 Å². The molecule has 4 nitrogen and oxygen atoms in total. The van der Waals surface area contributed by atoms with Crippen molar-refractivity contribution in [2.24, 2.45) is 4.99 Å². The first kappa shape index (κ1) is 17.5. The summed E-state index contributed by atoms with van der Waals surface area (Å²) in [4.78, 5) is 6.22. The Labute approximate surface area is 142 Å². The number of benzene rings is 2. The van der Waals surface area contributed by atoms with Crippen molar-refractivity contribution in [1.82, 2.24) is 10.2 Å². The van der Waals surface area contributed by atoms with Crippen molar-refractivity contribution >= 4 is 5.96 Å². The third-order valence-electron chi connectivity index (χ3n) is 3.73. The molecule has 0 spiro atoms. The normalized spacial score (nSPS) is 11.0. The standard InChI is InChI=1S/C19H21FN4/c1-14-4-6-15(7-5-14)13-24(3)19(22-2)23-12-17-9-8-16(11-21)10-18(17)20/h4-10H,12-13H2,1-3H3,(H,22,23). The van der Waals surface area contributed by atoms with Gasteiger partial charge in [0.05, 0.1) is 11.6 Å². The monoisotopic (exact) mass is 324 g/mol. The van der Waals surface area contributed by atoms with Crippen LogP contribution in [0, 0.1) is 24.1 Å². The molecular formula is C19H21FN4. The van der Waals surface area contributed by atoms with Gasteiger partial charge in [-0.25, -0.2) is 4.39 Å². The highest BCUT2D eigenvalue weighted by atomic mass is 19.1. The number of aryl methyl sites for hydroxylation is 1. The van der Waals surface area contributed by atoms with Gasteiger partial charge in [0.1, 0.15) is 5.82 Å². The van der Waals surface area contributed by atoms with Gasteiger partial charge < -0.3 is 10.2 Å². The Balaban J connectivity index is 1.99. The largest absolute Gasteiger partial charge is 0.352 e. The van der Waals surface area contributed by atoms with E-state index in [2.05, 4.69) is 41.5 Å². The summed E-state index contributed by atoms with van der Waals surface area (Å²) in [6, 6.07) is 14.7. The van der Waals surface area contributed by atoms with E-state index in [1.165, 1.54) is 17.2 Å². The lowest BCUT2D eigenvalue weighted by molar-refractivity contribution is 0.475. The van der Waals surface area contributed by atoms with E-state index in [9.17, 15) is 4.39 Å². The van der Waals surface area contributed by atoms with Crippen LogP contribution in [-0.2, 0) is 13.1 Å². The second-order valence-electron chi connectivity index (χ2n) is 5.66. The van der Waals surface area contributed by atoms with Crippen LogP contribution in [0.5, 0.6) is 0 Å². The Morgan fingerprint density at radius 3 is 2.54 bits per heavy atom. The number of nitriles is 1. The molecule has 2 aromatic carbocycles. The van der Waals surface area contributed by atoms with Crippen molar-refractivity contribution in [3.8, 4) is 6.07 Å². The fraction of sp³-hybridized carbons (Fsp3) is 0.263. The van der Waals surface area contributed by atoms with E-state index in [1.54, 1.807) is 19.2 Å². The van der Waals surface area contributed by atoms with Gasteiger partial charge in [-0.15, -0.1) is 0 Å². The van der Waals surface area contributed by atoms with E-state index in [1.807, 2.05) is 18.0 Å². The summed E-state index contributed by atoms with van der Waals surface area (Å²) < 4.78 is 13.9. The first-order chi connectivity index (χ1) is 11.5. The van der Waals surface area contributed by atoms with Gasteiger partial charge in [0, 0.05) is 32.7 Å². The second-order valence-corrected chi connectivity index (χ2v) is 5.66. The van der Waals surface area contributed by atoms with Crippen molar-refractivity contribution in [2.75, 3.05) is 14.1 Å². The number of nitrogens with zero attached hydrogens (tertiary/aromatic N) is 3. The minimum atomic E-state index is -0.391. The van der Waals surface area contributed by atoms with Crippen LogP contribution in [0.3, 0.4) is 0 Å². The predicted octanol–water partition coefficient (Wildman–Crippen LogP) is 3.21. The van der Waals surface area contributed by atoms with Crippen molar-refractivity contribution < 1.29 is 4.39 Å². The van der Waals surface area contributed by atoms with E-state index in [-0.39, 0.29) is 0 Å². The lowest BCUT2D eigenvalue weighted by atomic mass is 10.1. The van der Waals surface area contributed by atoms with Gasteiger partial charge in [0.25, 0.3) is 0 Å². The molecule has 0 saturated heterocycles. The van der Waals surface area contributed by atoms with E-state index in [0.29, 0.717) is 30.2 Å². The van der Waals surface area contributed by atoms with E-state index in [0.717, 1.165) is 0 Å². The van der Waals surface area contributed by atoms with Crippen LogP contribution >= 0.6 is 0 Å². The molecule has 124 valence electrons. The molecule has 0 radical (unpaired) electrons. The van der Waals surface area contributed by atoms with Gasteiger partial charge in [0.15, 0.2) is 5.96 Å². The number of nitrogens with one attached hydrogen (secondary N) is 1. The fourth-order valence-corrected chi connectivity index (χ4v) is 2.36. The van der Waals surface area contributed by atoms with Crippen LogP contribution in [0.4, 0.5) is 4.39 Å². The molecule has 0 aliphatic heterocycles. The second kappa shape index (κ2) is 8.11. The van der Waals surface area contributed by atoms with Gasteiger partial charge in [0.2, 0.25) is 0 Å². The highest BCUT2D eigenvalue weighted by Crippen LogP contribution is 2.10. The Bertz CT molecular complexity index is 760. The van der Waals surface area contributed by atoms with Crippen LogP contribution in [0.25, 0.3) is 0 Å². The van der Waals surface area contributed by atoms with Crippen LogP contribution in [0.15, 0.2) is 47.5 Å². The Kier molecular flexibility index (Phi) is 5.91. The molecule has 0 amide bonds. The lowest BCUT2D eigenvalue weighted by Gasteiger charge is -2.22. The van der Waals surface area contributed by atoms with Crippen molar-refractivity contribution in [1.29, 1.82) is 5.26 Å². The number of halogens is 1. The lowest BCUT2D eigenvalue weighted by Crippen LogP contribution is -2.38. The van der Waals surface area contributed by atoms with E-state index < -0.39 is 5.82 Å². The van der Waals surface area contributed by atoms with Gasteiger partial charge in [-0.2, -0.15) is 5.26 Å². The number of guanidine groups is 1. The maximum Gasteiger partial charge on any atom is 0.193 e. The molecule has 5 heteroatoms. The molecule has 0 aliphatic carbocycles. The zero-order valence-electron chi connectivity index (χ0n) is 14.2.